The van der Waals surface area contributed by atoms with Gasteiger partial charge in [-0.15, -0.1) is 0 Å². The zero-order chi connectivity index (χ0) is 20.0. The number of benzene rings is 2. The van der Waals surface area contributed by atoms with E-state index in [0.717, 1.165) is 6.08 Å². The number of ether oxygens (including phenoxy) is 2. The summed E-state index contributed by atoms with van der Waals surface area (Å²) in [7, 11) is 1.36. The molecule has 0 unspecified atom stereocenters. The number of hydrogen-bond acceptors (Lipinski definition) is 4. The van der Waals surface area contributed by atoms with Crippen LogP contribution in [0.25, 0.3) is 6.08 Å². The number of carbonyl (C=O) groups is 2. The van der Waals surface area contributed by atoms with Gasteiger partial charge < -0.3 is 14.8 Å². The van der Waals surface area contributed by atoms with E-state index in [9.17, 15) is 14.0 Å². The van der Waals surface area contributed by atoms with Gasteiger partial charge in [-0.05, 0) is 48.9 Å². The van der Waals surface area contributed by atoms with E-state index in [4.69, 9.17) is 32.7 Å². The highest BCUT2D eigenvalue weighted by Crippen LogP contribution is 2.25. The van der Waals surface area contributed by atoms with Crippen molar-refractivity contribution in [2.45, 2.75) is 13.0 Å². The first kappa shape index (κ1) is 20.7. The summed E-state index contributed by atoms with van der Waals surface area (Å²) < 4.78 is 23.4. The summed E-state index contributed by atoms with van der Waals surface area (Å²) in [5.41, 5.74) is 0.745. The van der Waals surface area contributed by atoms with Crippen LogP contribution >= 0.6 is 23.2 Å². The van der Waals surface area contributed by atoms with Gasteiger partial charge in [0, 0.05) is 11.1 Å². The maximum atomic E-state index is 13.6. The Hall–Kier alpha value is -2.57. The molecule has 1 N–H and O–H groups in total. The molecular weight excluding hydrogens is 396 g/mol. The van der Waals surface area contributed by atoms with Crippen molar-refractivity contribution in [3.05, 3.63) is 63.9 Å². The van der Waals surface area contributed by atoms with Gasteiger partial charge in [-0.2, -0.15) is 0 Å². The Balaban J connectivity index is 1.95. The summed E-state index contributed by atoms with van der Waals surface area (Å²) in [5.74, 6) is -1.79. The first-order chi connectivity index (χ1) is 12.8. The predicted molar refractivity (Wildman–Crippen MR) is 103 cm³/mol. The summed E-state index contributed by atoms with van der Waals surface area (Å²) in [6, 6.07) is 8.81. The van der Waals surface area contributed by atoms with Crippen LogP contribution < -0.4 is 10.1 Å². The van der Waals surface area contributed by atoms with Crippen molar-refractivity contribution in [1.29, 1.82) is 0 Å². The molecule has 2 aromatic rings. The number of anilines is 1. The lowest BCUT2D eigenvalue weighted by molar-refractivity contribution is -0.148. The fourth-order valence-corrected chi connectivity index (χ4v) is 2.38. The van der Waals surface area contributed by atoms with E-state index >= 15 is 0 Å². The number of esters is 1. The summed E-state index contributed by atoms with van der Waals surface area (Å²) >= 11 is 11.8. The van der Waals surface area contributed by atoms with Crippen LogP contribution in [0.4, 0.5) is 10.1 Å². The van der Waals surface area contributed by atoms with Gasteiger partial charge in [0.1, 0.15) is 0 Å². The van der Waals surface area contributed by atoms with Crippen LogP contribution in [0.15, 0.2) is 42.5 Å². The van der Waals surface area contributed by atoms with Crippen LogP contribution in [0, 0.1) is 5.82 Å². The maximum absolute atomic E-state index is 13.6. The second-order valence-corrected chi connectivity index (χ2v) is 6.26. The average Bonchev–Trinajstić information content (AvgIpc) is 2.63. The van der Waals surface area contributed by atoms with Crippen LogP contribution in [0.5, 0.6) is 5.75 Å². The Kier molecular flexibility index (Phi) is 7.21. The molecule has 0 bridgehead atoms. The summed E-state index contributed by atoms with van der Waals surface area (Å²) in [4.78, 5) is 24.0. The molecule has 0 aliphatic carbocycles. The molecule has 0 heterocycles. The molecule has 2 aromatic carbocycles. The fraction of sp³-hybridized carbons (Fsp3) is 0.158. The lowest BCUT2D eigenvalue weighted by Gasteiger charge is -2.13. The highest BCUT2D eigenvalue weighted by molar-refractivity contribution is 6.35. The predicted octanol–water partition coefficient (Wildman–Crippen LogP) is 4.72. The van der Waals surface area contributed by atoms with Gasteiger partial charge in [0.25, 0.3) is 5.91 Å². The normalized spacial score (nSPS) is 11.9. The third-order valence-electron chi connectivity index (χ3n) is 3.44. The van der Waals surface area contributed by atoms with Gasteiger partial charge in [0.05, 0.1) is 17.8 Å². The van der Waals surface area contributed by atoms with Crippen molar-refractivity contribution in [2.24, 2.45) is 0 Å². The zero-order valence-electron chi connectivity index (χ0n) is 14.5. The Labute approximate surface area is 165 Å². The number of hydrogen-bond donors (Lipinski definition) is 1. The standard InChI is InChI=1S/C19H16Cl2FNO4/c1-11(19(25)23-16-10-13(20)5-6-14(16)21)27-18(24)8-4-12-3-7-17(26-2)15(22)9-12/h3-11H,1-2H3,(H,23,25)/b8-4+/t11-/m0/s1. The van der Waals surface area contributed by atoms with E-state index in [1.54, 1.807) is 12.1 Å². The minimum Gasteiger partial charge on any atom is -0.494 e. The molecular formula is C19H16Cl2FNO4. The molecule has 0 saturated heterocycles. The van der Waals surface area contributed by atoms with E-state index in [2.05, 4.69) is 5.32 Å². The molecule has 5 nitrogen and oxygen atoms in total. The van der Waals surface area contributed by atoms with Crippen molar-refractivity contribution in [1.82, 2.24) is 0 Å². The quantitative estimate of drug-likeness (QED) is 0.551. The third kappa shape index (κ3) is 5.98. The molecule has 0 fully saturated rings. The third-order valence-corrected chi connectivity index (χ3v) is 4.00. The molecule has 1 amide bonds. The number of carbonyl (C=O) groups excluding carboxylic acids is 2. The van der Waals surface area contributed by atoms with Crippen molar-refractivity contribution in [2.75, 3.05) is 12.4 Å². The van der Waals surface area contributed by atoms with Crippen LogP contribution in [0.1, 0.15) is 12.5 Å². The molecule has 0 aromatic heterocycles. The van der Waals surface area contributed by atoms with E-state index in [-0.39, 0.29) is 5.75 Å². The van der Waals surface area contributed by atoms with E-state index in [1.807, 2.05) is 0 Å². The minimum absolute atomic E-state index is 0.0969. The maximum Gasteiger partial charge on any atom is 0.331 e. The Morgan fingerprint density at radius 3 is 2.59 bits per heavy atom. The van der Waals surface area contributed by atoms with Gasteiger partial charge in [0.2, 0.25) is 0 Å². The van der Waals surface area contributed by atoms with Crippen molar-refractivity contribution < 1.29 is 23.5 Å². The first-order valence-corrected chi connectivity index (χ1v) is 8.54. The average molecular weight is 412 g/mol. The van der Waals surface area contributed by atoms with E-state index in [1.165, 1.54) is 44.4 Å². The van der Waals surface area contributed by atoms with Crippen molar-refractivity contribution >= 4 is 46.8 Å². The van der Waals surface area contributed by atoms with Crippen molar-refractivity contribution in [3.8, 4) is 5.75 Å². The summed E-state index contributed by atoms with van der Waals surface area (Å²) in [5, 5.41) is 3.23. The molecule has 2 rings (SSSR count). The zero-order valence-corrected chi connectivity index (χ0v) is 16.0. The monoisotopic (exact) mass is 411 g/mol. The molecule has 142 valence electrons. The van der Waals surface area contributed by atoms with Crippen LogP contribution in [0.3, 0.4) is 0 Å². The van der Waals surface area contributed by atoms with Crippen LogP contribution in [-0.4, -0.2) is 25.1 Å². The largest absolute Gasteiger partial charge is 0.494 e. The smallest absolute Gasteiger partial charge is 0.331 e. The molecule has 0 aliphatic heterocycles. The number of nitrogens with one attached hydrogen (secondary N) is 1. The van der Waals surface area contributed by atoms with E-state index in [0.29, 0.717) is 21.3 Å². The highest BCUT2D eigenvalue weighted by atomic mass is 35.5. The number of amides is 1. The molecule has 0 radical (unpaired) electrons. The second-order valence-electron chi connectivity index (χ2n) is 5.42. The first-order valence-electron chi connectivity index (χ1n) is 7.78. The van der Waals surface area contributed by atoms with Crippen LogP contribution in [0.2, 0.25) is 10.0 Å². The van der Waals surface area contributed by atoms with Gasteiger partial charge in [-0.1, -0.05) is 29.3 Å². The van der Waals surface area contributed by atoms with E-state index < -0.39 is 23.8 Å². The topological polar surface area (TPSA) is 64.6 Å². The number of rotatable bonds is 6. The Bertz CT molecular complexity index is 886. The van der Waals surface area contributed by atoms with Gasteiger partial charge in [-0.25, -0.2) is 9.18 Å². The lowest BCUT2D eigenvalue weighted by atomic mass is 10.2. The molecule has 8 heteroatoms. The Morgan fingerprint density at radius 1 is 1.19 bits per heavy atom. The van der Waals surface area contributed by atoms with Gasteiger partial charge in [0.15, 0.2) is 17.7 Å². The summed E-state index contributed by atoms with van der Waals surface area (Å²) in [6.07, 6.45) is 1.38. The van der Waals surface area contributed by atoms with Gasteiger partial charge in [-0.3, -0.25) is 4.79 Å². The fourth-order valence-electron chi connectivity index (χ4n) is 2.05. The lowest BCUT2D eigenvalue weighted by Crippen LogP contribution is -2.29. The molecule has 0 saturated carbocycles. The number of methoxy groups -OCH3 is 1. The highest BCUT2D eigenvalue weighted by Gasteiger charge is 2.18. The number of halogens is 3. The molecule has 0 spiro atoms. The van der Waals surface area contributed by atoms with Crippen LogP contribution in [-0.2, 0) is 14.3 Å². The minimum atomic E-state index is -1.08. The van der Waals surface area contributed by atoms with Gasteiger partial charge >= 0.3 is 5.97 Å². The second kappa shape index (κ2) is 9.39. The SMILES string of the molecule is COc1ccc(/C=C/C(=O)O[C@@H](C)C(=O)Nc2cc(Cl)ccc2Cl)cc1F. The Morgan fingerprint density at radius 2 is 1.93 bits per heavy atom. The van der Waals surface area contributed by atoms with Crippen molar-refractivity contribution in [3.63, 3.8) is 0 Å². The molecule has 27 heavy (non-hydrogen) atoms. The summed E-state index contributed by atoms with van der Waals surface area (Å²) in [6.45, 7) is 1.41. The molecule has 0 aliphatic rings. The molecule has 1 atom stereocenters.